The van der Waals surface area contributed by atoms with Gasteiger partial charge in [0.15, 0.2) is 6.67 Å². The SMILES string of the molecule is COc1ccc(C#CCF)cc1. The fourth-order valence-electron chi connectivity index (χ4n) is 0.810. The number of hydrogen-bond donors (Lipinski definition) is 0. The van der Waals surface area contributed by atoms with Gasteiger partial charge in [-0.2, -0.15) is 0 Å². The van der Waals surface area contributed by atoms with Crippen molar-refractivity contribution in [1.29, 1.82) is 0 Å². The minimum atomic E-state index is -0.605. The lowest BCUT2D eigenvalue weighted by atomic mass is 10.2. The molecule has 12 heavy (non-hydrogen) atoms. The van der Waals surface area contributed by atoms with Gasteiger partial charge in [0.05, 0.1) is 7.11 Å². The van der Waals surface area contributed by atoms with Crippen molar-refractivity contribution in [1.82, 2.24) is 0 Å². The van der Waals surface area contributed by atoms with Gasteiger partial charge in [-0.25, -0.2) is 4.39 Å². The van der Waals surface area contributed by atoms with Crippen LogP contribution < -0.4 is 4.74 Å². The van der Waals surface area contributed by atoms with Crippen molar-refractivity contribution < 1.29 is 9.13 Å². The molecule has 62 valence electrons. The summed E-state index contributed by atoms with van der Waals surface area (Å²) in [6, 6.07) is 7.17. The second-order valence-electron chi connectivity index (χ2n) is 2.16. The monoisotopic (exact) mass is 164 g/mol. The third kappa shape index (κ3) is 2.28. The van der Waals surface area contributed by atoms with Crippen molar-refractivity contribution in [2.45, 2.75) is 0 Å². The zero-order chi connectivity index (χ0) is 8.81. The summed E-state index contributed by atoms with van der Waals surface area (Å²) in [5.41, 5.74) is 0.799. The van der Waals surface area contributed by atoms with Gasteiger partial charge in [0, 0.05) is 5.56 Å². The van der Waals surface area contributed by atoms with Crippen LogP contribution in [0.1, 0.15) is 5.56 Å². The quantitative estimate of drug-likeness (QED) is 0.577. The van der Waals surface area contributed by atoms with Crippen molar-refractivity contribution >= 4 is 0 Å². The molecule has 1 aromatic rings. The highest BCUT2D eigenvalue weighted by molar-refractivity contribution is 5.38. The van der Waals surface area contributed by atoms with E-state index in [4.69, 9.17) is 4.74 Å². The molecule has 0 unspecified atom stereocenters. The van der Waals surface area contributed by atoms with Crippen LogP contribution in [0.5, 0.6) is 5.75 Å². The Hall–Kier alpha value is -1.49. The Labute approximate surface area is 71.2 Å². The molecule has 0 atom stereocenters. The molecule has 0 N–H and O–H groups in total. The first-order valence-corrected chi connectivity index (χ1v) is 3.55. The molecular weight excluding hydrogens is 155 g/mol. The fourth-order valence-corrected chi connectivity index (χ4v) is 0.810. The van der Waals surface area contributed by atoms with E-state index < -0.39 is 6.67 Å². The summed E-state index contributed by atoms with van der Waals surface area (Å²) in [6.45, 7) is -0.605. The molecule has 0 bridgehead atoms. The Morgan fingerprint density at radius 2 is 2.00 bits per heavy atom. The molecular formula is C10H9FO. The summed E-state index contributed by atoms with van der Waals surface area (Å²) in [7, 11) is 1.60. The number of hydrogen-bond acceptors (Lipinski definition) is 1. The minimum Gasteiger partial charge on any atom is -0.497 e. The van der Waals surface area contributed by atoms with E-state index in [0.717, 1.165) is 11.3 Å². The van der Waals surface area contributed by atoms with Crippen LogP contribution >= 0.6 is 0 Å². The highest BCUT2D eigenvalue weighted by Gasteiger charge is 1.88. The average molecular weight is 164 g/mol. The number of benzene rings is 1. The number of alkyl halides is 1. The van der Waals surface area contributed by atoms with Gasteiger partial charge in [-0.15, -0.1) is 0 Å². The number of rotatable bonds is 1. The third-order valence-electron chi connectivity index (χ3n) is 1.39. The van der Waals surface area contributed by atoms with E-state index in [2.05, 4.69) is 11.8 Å². The standard InChI is InChI=1S/C10H9FO/c1-12-10-6-4-9(5-7-10)3-2-8-11/h4-7H,8H2,1H3. The first-order valence-electron chi connectivity index (χ1n) is 3.55. The van der Waals surface area contributed by atoms with Crippen LogP contribution in [0, 0.1) is 11.8 Å². The Balaban J connectivity index is 2.78. The zero-order valence-electron chi connectivity index (χ0n) is 6.80. The Morgan fingerprint density at radius 3 is 2.50 bits per heavy atom. The number of methoxy groups -OCH3 is 1. The lowest BCUT2D eigenvalue weighted by molar-refractivity contribution is 0.415. The second kappa shape index (κ2) is 4.40. The summed E-state index contributed by atoms with van der Waals surface area (Å²) in [5.74, 6) is 5.79. The summed E-state index contributed by atoms with van der Waals surface area (Å²) in [6.07, 6.45) is 0. The molecule has 0 fully saturated rings. The molecule has 1 nitrogen and oxygen atoms in total. The van der Waals surface area contributed by atoms with Gasteiger partial charge in [0.1, 0.15) is 5.75 Å². The number of ether oxygens (including phenoxy) is 1. The fraction of sp³-hybridized carbons (Fsp3) is 0.200. The van der Waals surface area contributed by atoms with Crippen LogP contribution in [-0.2, 0) is 0 Å². The predicted molar refractivity (Wildman–Crippen MR) is 45.8 cm³/mol. The van der Waals surface area contributed by atoms with Gasteiger partial charge < -0.3 is 4.74 Å². The second-order valence-corrected chi connectivity index (χ2v) is 2.16. The molecule has 0 saturated heterocycles. The number of halogens is 1. The van der Waals surface area contributed by atoms with Crippen molar-refractivity contribution in [2.75, 3.05) is 13.8 Å². The molecule has 0 aliphatic rings. The van der Waals surface area contributed by atoms with Crippen LogP contribution in [0.3, 0.4) is 0 Å². The van der Waals surface area contributed by atoms with Crippen molar-refractivity contribution in [3.63, 3.8) is 0 Å². The molecule has 0 aliphatic heterocycles. The van der Waals surface area contributed by atoms with E-state index in [9.17, 15) is 4.39 Å². The van der Waals surface area contributed by atoms with Crippen molar-refractivity contribution in [3.05, 3.63) is 29.8 Å². The summed E-state index contributed by atoms with van der Waals surface area (Å²) in [4.78, 5) is 0. The lowest BCUT2D eigenvalue weighted by Crippen LogP contribution is -1.81. The molecule has 0 radical (unpaired) electrons. The van der Waals surface area contributed by atoms with E-state index in [1.807, 2.05) is 0 Å². The Bertz CT molecular complexity index is 292. The lowest BCUT2D eigenvalue weighted by Gasteiger charge is -1.97. The van der Waals surface area contributed by atoms with Gasteiger partial charge in [-0.05, 0) is 24.3 Å². The van der Waals surface area contributed by atoms with Crippen LogP contribution in [0.15, 0.2) is 24.3 Å². The minimum absolute atomic E-state index is 0.605. The molecule has 0 saturated carbocycles. The highest BCUT2D eigenvalue weighted by Crippen LogP contribution is 2.09. The smallest absolute Gasteiger partial charge is 0.150 e. The summed E-state index contributed by atoms with van der Waals surface area (Å²) in [5, 5.41) is 0. The molecule has 1 aromatic carbocycles. The summed E-state index contributed by atoms with van der Waals surface area (Å²) >= 11 is 0. The Kier molecular flexibility index (Phi) is 3.16. The maximum Gasteiger partial charge on any atom is 0.150 e. The molecule has 1 rings (SSSR count). The van der Waals surface area contributed by atoms with Gasteiger partial charge >= 0.3 is 0 Å². The topological polar surface area (TPSA) is 9.23 Å². The van der Waals surface area contributed by atoms with E-state index in [1.165, 1.54) is 0 Å². The molecule has 0 aromatic heterocycles. The highest BCUT2D eigenvalue weighted by atomic mass is 19.1. The third-order valence-corrected chi connectivity index (χ3v) is 1.39. The zero-order valence-corrected chi connectivity index (χ0v) is 6.80. The molecule has 0 aliphatic carbocycles. The van der Waals surface area contributed by atoms with Crippen LogP contribution in [0.25, 0.3) is 0 Å². The summed E-state index contributed by atoms with van der Waals surface area (Å²) < 4.78 is 16.6. The van der Waals surface area contributed by atoms with Gasteiger partial charge in [-0.3, -0.25) is 0 Å². The van der Waals surface area contributed by atoms with Crippen LogP contribution in [0.4, 0.5) is 4.39 Å². The van der Waals surface area contributed by atoms with Crippen LogP contribution in [0.2, 0.25) is 0 Å². The van der Waals surface area contributed by atoms with Gasteiger partial charge in [-0.1, -0.05) is 11.8 Å². The van der Waals surface area contributed by atoms with E-state index >= 15 is 0 Å². The normalized spacial score (nSPS) is 8.50. The van der Waals surface area contributed by atoms with Crippen molar-refractivity contribution in [2.24, 2.45) is 0 Å². The maximum atomic E-state index is 11.6. The molecule has 0 heterocycles. The molecule has 0 spiro atoms. The predicted octanol–water partition coefficient (Wildman–Crippen LogP) is 2.02. The van der Waals surface area contributed by atoms with Gasteiger partial charge in [0.25, 0.3) is 0 Å². The van der Waals surface area contributed by atoms with E-state index in [-0.39, 0.29) is 0 Å². The van der Waals surface area contributed by atoms with Crippen molar-refractivity contribution in [3.8, 4) is 17.6 Å². The van der Waals surface area contributed by atoms with E-state index in [1.54, 1.807) is 31.4 Å². The first-order chi connectivity index (χ1) is 5.86. The molecule has 2 heteroatoms. The molecule has 0 amide bonds. The maximum absolute atomic E-state index is 11.6. The van der Waals surface area contributed by atoms with Gasteiger partial charge in [0.2, 0.25) is 0 Å². The van der Waals surface area contributed by atoms with Crippen LogP contribution in [-0.4, -0.2) is 13.8 Å². The van der Waals surface area contributed by atoms with E-state index in [0.29, 0.717) is 0 Å². The largest absolute Gasteiger partial charge is 0.497 e. The average Bonchev–Trinajstić information content (AvgIpc) is 2.15. The Morgan fingerprint density at radius 1 is 1.33 bits per heavy atom. The first kappa shape index (κ1) is 8.61.